The monoisotopic (exact) mass is 186 g/mol. The quantitative estimate of drug-likeness (QED) is 0.606. The number of nitrogens with one attached hydrogen (secondary N) is 1. The molecule has 1 fully saturated rings. The molecule has 1 saturated heterocycles. The molecule has 1 rings (SSSR count). The van der Waals surface area contributed by atoms with Crippen LogP contribution in [0, 0.1) is 0 Å². The van der Waals surface area contributed by atoms with Crippen molar-refractivity contribution in [1.29, 1.82) is 0 Å². The Morgan fingerprint density at radius 2 is 2.00 bits per heavy atom. The highest BCUT2D eigenvalue weighted by atomic mass is 16.7. The van der Waals surface area contributed by atoms with Crippen molar-refractivity contribution in [1.82, 2.24) is 10.4 Å². The molecule has 6 nitrogen and oxygen atoms in total. The summed E-state index contributed by atoms with van der Waals surface area (Å²) in [4.78, 5) is 37.1. The molecule has 1 N–H and O–H groups in total. The molecular formula is C7H10N2O4. The SMILES string of the molecule is CCNC(=O)ON1C(=O)CCC1=O. The lowest BCUT2D eigenvalue weighted by Crippen LogP contribution is -2.36. The van der Waals surface area contributed by atoms with Crippen LogP contribution >= 0.6 is 0 Å². The van der Waals surface area contributed by atoms with Crippen molar-refractivity contribution < 1.29 is 19.2 Å². The minimum absolute atomic E-state index is 0.109. The molecule has 72 valence electrons. The molecule has 0 radical (unpaired) electrons. The van der Waals surface area contributed by atoms with Crippen molar-refractivity contribution in [3.05, 3.63) is 0 Å². The number of carbonyl (C=O) groups excluding carboxylic acids is 3. The van der Waals surface area contributed by atoms with Gasteiger partial charge in [-0.15, -0.1) is 5.06 Å². The number of imide groups is 1. The summed E-state index contributed by atoms with van der Waals surface area (Å²) in [6.07, 6.45) is -0.567. The van der Waals surface area contributed by atoms with Crippen molar-refractivity contribution in [3.63, 3.8) is 0 Å². The third-order valence-electron chi connectivity index (χ3n) is 1.50. The maximum absolute atomic E-state index is 10.9. The topological polar surface area (TPSA) is 75.7 Å². The van der Waals surface area contributed by atoms with Gasteiger partial charge >= 0.3 is 6.09 Å². The fourth-order valence-electron chi connectivity index (χ4n) is 0.917. The summed E-state index contributed by atoms with van der Waals surface area (Å²) in [6, 6.07) is 0. The zero-order valence-electron chi connectivity index (χ0n) is 7.20. The Bertz CT molecular complexity index is 235. The molecule has 0 spiro atoms. The molecule has 0 aromatic carbocycles. The van der Waals surface area contributed by atoms with Crippen LogP contribution in [-0.2, 0) is 14.4 Å². The lowest BCUT2D eigenvalue weighted by atomic mass is 10.4. The highest BCUT2D eigenvalue weighted by molar-refractivity contribution is 6.01. The number of carbonyl (C=O) groups is 3. The van der Waals surface area contributed by atoms with E-state index in [9.17, 15) is 14.4 Å². The van der Waals surface area contributed by atoms with E-state index in [1.807, 2.05) is 0 Å². The molecule has 0 unspecified atom stereocenters. The van der Waals surface area contributed by atoms with Crippen molar-refractivity contribution in [2.24, 2.45) is 0 Å². The molecule has 13 heavy (non-hydrogen) atoms. The number of hydrogen-bond donors (Lipinski definition) is 1. The van der Waals surface area contributed by atoms with Gasteiger partial charge in [0, 0.05) is 19.4 Å². The Morgan fingerprint density at radius 1 is 1.46 bits per heavy atom. The Kier molecular flexibility index (Phi) is 2.84. The van der Waals surface area contributed by atoms with Crippen LogP contribution in [0.2, 0.25) is 0 Å². The van der Waals surface area contributed by atoms with E-state index in [-0.39, 0.29) is 12.8 Å². The van der Waals surface area contributed by atoms with Crippen LogP contribution < -0.4 is 5.32 Å². The van der Waals surface area contributed by atoms with Gasteiger partial charge in [0.2, 0.25) is 0 Å². The second kappa shape index (κ2) is 3.88. The molecule has 1 aliphatic rings. The third-order valence-corrected chi connectivity index (χ3v) is 1.50. The van der Waals surface area contributed by atoms with Crippen molar-refractivity contribution >= 4 is 17.9 Å². The molecule has 0 saturated carbocycles. The number of rotatable bonds is 2. The Labute approximate surface area is 74.8 Å². The van der Waals surface area contributed by atoms with E-state index in [0.29, 0.717) is 11.6 Å². The van der Waals surface area contributed by atoms with E-state index in [2.05, 4.69) is 10.2 Å². The van der Waals surface area contributed by atoms with Gasteiger partial charge < -0.3 is 10.2 Å². The fraction of sp³-hybridized carbons (Fsp3) is 0.571. The lowest BCUT2D eigenvalue weighted by Gasteiger charge is -2.11. The average Bonchev–Trinajstić information content (AvgIpc) is 2.36. The molecule has 1 heterocycles. The molecule has 0 aromatic heterocycles. The molecule has 0 aliphatic carbocycles. The first-order valence-corrected chi connectivity index (χ1v) is 3.96. The van der Waals surface area contributed by atoms with Gasteiger partial charge in [0.1, 0.15) is 0 Å². The molecule has 0 atom stereocenters. The third kappa shape index (κ3) is 2.17. The van der Waals surface area contributed by atoms with Crippen molar-refractivity contribution in [2.45, 2.75) is 19.8 Å². The summed E-state index contributed by atoms with van der Waals surface area (Å²) < 4.78 is 0. The maximum Gasteiger partial charge on any atom is 0.432 e. The summed E-state index contributed by atoms with van der Waals surface area (Å²) in [7, 11) is 0. The van der Waals surface area contributed by atoms with E-state index in [1.165, 1.54) is 0 Å². The predicted octanol–water partition coefficient (Wildman–Crippen LogP) is -0.204. The fourth-order valence-corrected chi connectivity index (χ4v) is 0.917. The summed E-state index contributed by atoms with van der Waals surface area (Å²) in [5.74, 6) is -0.951. The van der Waals surface area contributed by atoms with E-state index in [0.717, 1.165) is 0 Å². The zero-order valence-corrected chi connectivity index (χ0v) is 7.20. The molecule has 1 aliphatic heterocycles. The Hall–Kier alpha value is -1.59. The normalized spacial score (nSPS) is 16.2. The highest BCUT2D eigenvalue weighted by Crippen LogP contribution is 2.11. The van der Waals surface area contributed by atoms with Gasteiger partial charge in [-0.2, -0.15) is 0 Å². The van der Waals surface area contributed by atoms with Gasteiger partial charge in [-0.25, -0.2) is 4.79 Å². The minimum atomic E-state index is -0.786. The number of hydroxylamine groups is 2. The zero-order chi connectivity index (χ0) is 9.84. The molecular weight excluding hydrogens is 176 g/mol. The summed E-state index contributed by atoms with van der Waals surface area (Å²) in [5.41, 5.74) is 0. The number of nitrogens with zero attached hydrogens (tertiary/aromatic N) is 1. The minimum Gasteiger partial charge on any atom is -0.320 e. The number of hydrogen-bond acceptors (Lipinski definition) is 4. The maximum atomic E-state index is 10.9. The van der Waals surface area contributed by atoms with Crippen LogP contribution in [0.4, 0.5) is 4.79 Å². The van der Waals surface area contributed by atoms with Crippen LogP contribution in [0.15, 0.2) is 0 Å². The first-order valence-electron chi connectivity index (χ1n) is 3.96. The molecule has 0 bridgehead atoms. The van der Waals surface area contributed by atoms with Crippen LogP contribution in [0.3, 0.4) is 0 Å². The second-order valence-corrected chi connectivity index (χ2v) is 2.49. The summed E-state index contributed by atoms with van der Waals surface area (Å²) in [6.45, 7) is 2.09. The van der Waals surface area contributed by atoms with E-state index >= 15 is 0 Å². The molecule has 3 amide bonds. The van der Waals surface area contributed by atoms with Crippen LogP contribution in [0.1, 0.15) is 19.8 Å². The Balaban J connectivity index is 2.48. The van der Waals surface area contributed by atoms with Crippen LogP contribution in [-0.4, -0.2) is 29.5 Å². The van der Waals surface area contributed by atoms with Crippen LogP contribution in [0.5, 0.6) is 0 Å². The average molecular weight is 186 g/mol. The summed E-state index contributed by atoms with van der Waals surface area (Å²) >= 11 is 0. The van der Waals surface area contributed by atoms with Gasteiger partial charge in [0.05, 0.1) is 0 Å². The first kappa shape index (κ1) is 9.50. The van der Waals surface area contributed by atoms with Crippen molar-refractivity contribution in [3.8, 4) is 0 Å². The van der Waals surface area contributed by atoms with E-state index in [4.69, 9.17) is 0 Å². The predicted molar refractivity (Wildman–Crippen MR) is 41.2 cm³/mol. The Morgan fingerprint density at radius 3 is 2.46 bits per heavy atom. The van der Waals surface area contributed by atoms with E-state index < -0.39 is 17.9 Å². The van der Waals surface area contributed by atoms with E-state index in [1.54, 1.807) is 6.92 Å². The smallest absolute Gasteiger partial charge is 0.320 e. The van der Waals surface area contributed by atoms with Crippen LogP contribution in [0.25, 0.3) is 0 Å². The van der Waals surface area contributed by atoms with Gasteiger partial charge in [0.15, 0.2) is 0 Å². The standard InChI is InChI=1S/C7H10N2O4/c1-2-8-7(12)13-9-5(10)3-4-6(9)11/h2-4H2,1H3,(H,8,12). The molecule has 6 heteroatoms. The van der Waals surface area contributed by atoms with Gasteiger partial charge in [-0.1, -0.05) is 0 Å². The number of amides is 3. The largest absolute Gasteiger partial charge is 0.432 e. The molecule has 0 aromatic rings. The highest BCUT2D eigenvalue weighted by Gasteiger charge is 2.32. The van der Waals surface area contributed by atoms with Gasteiger partial charge in [-0.3, -0.25) is 9.59 Å². The second-order valence-electron chi connectivity index (χ2n) is 2.49. The van der Waals surface area contributed by atoms with Gasteiger partial charge in [-0.05, 0) is 6.92 Å². The lowest BCUT2D eigenvalue weighted by molar-refractivity contribution is -0.171. The van der Waals surface area contributed by atoms with Gasteiger partial charge in [0.25, 0.3) is 11.8 Å². The first-order chi connectivity index (χ1) is 6.15. The van der Waals surface area contributed by atoms with Crippen molar-refractivity contribution in [2.75, 3.05) is 6.54 Å². The summed E-state index contributed by atoms with van der Waals surface area (Å²) in [5, 5.41) is 2.81.